The van der Waals surface area contributed by atoms with Crippen molar-refractivity contribution in [3.8, 4) is 0 Å². The second kappa shape index (κ2) is 4.98. The Bertz CT molecular complexity index is 368. The van der Waals surface area contributed by atoms with Crippen molar-refractivity contribution in [3.05, 3.63) is 34.6 Å². The van der Waals surface area contributed by atoms with E-state index in [-0.39, 0.29) is 17.6 Å². The molecular formula is C10H12ClFN2O. The van der Waals surface area contributed by atoms with Crippen LogP contribution in [-0.4, -0.2) is 25.0 Å². The molecule has 0 fully saturated rings. The number of hydrogen-bond acceptors (Lipinski definition) is 1. The quantitative estimate of drug-likeness (QED) is 0.831. The van der Waals surface area contributed by atoms with Crippen LogP contribution in [-0.2, 0) is 6.54 Å². The molecule has 0 saturated carbocycles. The van der Waals surface area contributed by atoms with Gasteiger partial charge in [0.25, 0.3) is 0 Å². The molecule has 0 bridgehead atoms. The summed E-state index contributed by atoms with van der Waals surface area (Å²) in [7, 11) is 3.27. The highest BCUT2D eigenvalue weighted by Gasteiger charge is 2.04. The summed E-state index contributed by atoms with van der Waals surface area (Å²) < 4.78 is 13.0. The van der Waals surface area contributed by atoms with Gasteiger partial charge in [-0.25, -0.2) is 9.18 Å². The third-order valence-corrected chi connectivity index (χ3v) is 2.14. The Kier molecular flexibility index (Phi) is 3.91. The molecule has 82 valence electrons. The minimum Gasteiger partial charge on any atom is -0.334 e. The molecule has 0 atom stereocenters. The van der Waals surface area contributed by atoms with Gasteiger partial charge in [0.05, 0.1) is 5.02 Å². The molecule has 0 heterocycles. The number of urea groups is 1. The number of nitrogens with zero attached hydrogens (tertiary/aromatic N) is 1. The predicted octanol–water partition coefficient (Wildman–Crippen LogP) is 2.25. The maximum atomic E-state index is 13.0. The van der Waals surface area contributed by atoms with Crippen LogP contribution in [0.4, 0.5) is 9.18 Å². The molecule has 5 heteroatoms. The fourth-order valence-electron chi connectivity index (χ4n) is 0.985. The average molecular weight is 231 g/mol. The van der Waals surface area contributed by atoms with E-state index < -0.39 is 5.82 Å². The van der Waals surface area contributed by atoms with Crippen molar-refractivity contribution in [1.29, 1.82) is 0 Å². The number of amides is 2. The maximum absolute atomic E-state index is 13.0. The van der Waals surface area contributed by atoms with Gasteiger partial charge in [-0.3, -0.25) is 0 Å². The first kappa shape index (κ1) is 11.8. The van der Waals surface area contributed by atoms with Crippen LogP contribution in [0.2, 0.25) is 5.02 Å². The molecule has 0 radical (unpaired) electrons. The molecule has 1 aromatic rings. The molecule has 0 spiro atoms. The van der Waals surface area contributed by atoms with Gasteiger partial charge < -0.3 is 10.2 Å². The molecule has 0 saturated heterocycles. The lowest BCUT2D eigenvalue weighted by molar-refractivity contribution is 0.217. The Morgan fingerprint density at radius 1 is 1.53 bits per heavy atom. The summed E-state index contributed by atoms with van der Waals surface area (Å²) >= 11 is 5.52. The largest absolute Gasteiger partial charge is 0.334 e. The predicted molar refractivity (Wildman–Crippen MR) is 57.3 cm³/mol. The van der Waals surface area contributed by atoms with Crippen LogP contribution < -0.4 is 5.32 Å². The van der Waals surface area contributed by atoms with E-state index in [9.17, 15) is 9.18 Å². The summed E-state index contributed by atoms with van der Waals surface area (Å²) in [6, 6.07) is 4.22. The summed E-state index contributed by atoms with van der Waals surface area (Å²) in [5, 5.41) is 2.70. The van der Waals surface area contributed by atoms with Crippen molar-refractivity contribution in [3.63, 3.8) is 0 Å². The number of carbonyl (C=O) groups excluding carboxylic acids is 1. The third-order valence-electron chi connectivity index (χ3n) is 1.83. The van der Waals surface area contributed by atoms with Gasteiger partial charge >= 0.3 is 6.03 Å². The molecule has 1 N–H and O–H groups in total. The maximum Gasteiger partial charge on any atom is 0.317 e. The van der Waals surface area contributed by atoms with E-state index in [1.54, 1.807) is 20.2 Å². The normalized spacial score (nSPS) is 9.87. The summed E-state index contributed by atoms with van der Waals surface area (Å²) in [6.07, 6.45) is 0. The Morgan fingerprint density at radius 3 is 2.73 bits per heavy atom. The Balaban J connectivity index is 2.58. The standard InChI is InChI=1S/C10H12ClFN2O/c1-14(2)10(15)13-6-7-3-4-8(11)9(12)5-7/h3-5H,6H2,1-2H3,(H,13,15). The van der Waals surface area contributed by atoms with E-state index in [1.165, 1.54) is 17.0 Å². The van der Waals surface area contributed by atoms with E-state index in [0.717, 1.165) is 0 Å². The van der Waals surface area contributed by atoms with Crippen LogP contribution in [0.25, 0.3) is 0 Å². The number of rotatable bonds is 2. The average Bonchev–Trinajstić information content (AvgIpc) is 2.19. The van der Waals surface area contributed by atoms with E-state index in [2.05, 4.69) is 5.32 Å². The molecule has 1 rings (SSSR count). The number of halogens is 2. The highest BCUT2D eigenvalue weighted by molar-refractivity contribution is 6.30. The SMILES string of the molecule is CN(C)C(=O)NCc1ccc(Cl)c(F)c1. The number of benzene rings is 1. The zero-order valence-corrected chi connectivity index (χ0v) is 9.31. The fourth-order valence-corrected chi connectivity index (χ4v) is 1.10. The Morgan fingerprint density at radius 2 is 2.20 bits per heavy atom. The van der Waals surface area contributed by atoms with Crippen molar-refractivity contribution >= 4 is 17.6 Å². The van der Waals surface area contributed by atoms with Crippen molar-refractivity contribution in [2.75, 3.05) is 14.1 Å². The Labute approximate surface area is 92.8 Å². The van der Waals surface area contributed by atoms with Gasteiger partial charge in [-0.05, 0) is 17.7 Å². The molecule has 0 unspecified atom stereocenters. The van der Waals surface area contributed by atoms with Gasteiger partial charge in [0.1, 0.15) is 5.82 Å². The van der Waals surface area contributed by atoms with Crippen LogP contribution in [0.1, 0.15) is 5.56 Å². The summed E-state index contributed by atoms with van der Waals surface area (Å²) in [4.78, 5) is 12.6. The zero-order valence-electron chi connectivity index (χ0n) is 8.55. The van der Waals surface area contributed by atoms with Gasteiger partial charge in [-0.2, -0.15) is 0 Å². The molecule has 0 aliphatic heterocycles. The van der Waals surface area contributed by atoms with Gasteiger partial charge in [0.15, 0.2) is 0 Å². The van der Waals surface area contributed by atoms with Crippen molar-refractivity contribution in [2.24, 2.45) is 0 Å². The lowest BCUT2D eigenvalue weighted by Crippen LogP contribution is -2.33. The molecule has 2 amide bonds. The van der Waals surface area contributed by atoms with E-state index in [1.807, 2.05) is 0 Å². The van der Waals surface area contributed by atoms with Crippen molar-refractivity contribution in [1.82, 2.24) is 10.2 Å². The van der Waals surface area contributed by atoms with E-state index >= 15 is 0 Å². The minimum atomic E-state index is -0.478. The topological polar surface area (TPSA) is 32.3 Å². The minimum absolute atomic E-state index is 0.0812. The molecule has 0 aromatic heterocycles. The molecule has 0 aliphatic carbocycles. The van der Waals surface area contributed by atoms with Gasteiger partial charge in [0, 0.05) is 20.6 Å². The molecule has 0 aliphatic rings. The number of carbonyl (C=O) groups is 1. The van der Waals surface area contributed by atoms with Gasteiger partial charge in [-0.15, -0.1) is 0 Å². The van der Waals surface area contributed by atoms with Crippen LogP contribution >= 0.6 is 11.6 Å². The first-order chi connectivity index (χ1) is 7.00. The molecule has 15 heavy (non-hydrogen) atoms. The van der Waals surface area contributed by atoms with Crippen molar-refractivity contribution in [2.45, 2.75) is 6.54 Å². The molecule has 3 nitrogen and oxygen atoms in total. The highest BCUT2D eigenvalue weighted by atomic mass is 35.5. The first-order valence-corrected chi connectivity index (χ1v) is 4.77. The number of nitrogens with one attached hydrogen (secondary N) is 1. The zero-order chi connectivity index (χ0) is 11.4. The van der Waals surface area contributed by atoms with Gasteiger partial charge in [0.2, 0.25) is 0 Å². The van der Waals surface area contributed by atoms with Crippen LogP contribution in [0.5, 0.6) is 0 Å². The second-order valence-electron chi connectivity index (χ2n) is 3.30. The lowest BCUT2D eigenvalue weighted by atomic mass is 10.2. The Hall–Kier alpha value is -1.29. The first-order valence-electron chi connectivity index (χ1n) is 4.40. The van der Waals surface area contributed by atoms with Crippen LogP contribution in [0.3, 0.4) is 0 Å². The fraction of sp³-hybridized carbons (Fsp3) is 0.300. The second-order valence-corrected chi connectivity index (χ2v) is 3.71. The molecular weight excluding hydrogens is 219 g/mol. The summed E-state index contributed by atoms with van der Waals surface area (Å²) in [5.74, 6) is -0.478. The van der Waals surface area contributed by atoms with Crippen LogP contribution in [0, 0.1) is 5.82 Å². The lowest BCUT2D eigenvalue weighted by Gasteiger charge is -2.11. The molecule has 1 aromatic carbocycles. The monoisotopic (exact) mass is 230 g/mol. The summed E-state index contributed by atoms with van der Waals surface area (Å²) in [6.45, 7) is 0.283. The highest BCUT2D eigenvalue weighted by Crippen LogP contribution is 2.15. The van der Waals surface area contributed by atoms with Crippen molar-refractivity contribution < 1.29 is 9.18 Å². The van der Waals surface area contributed by atoms with E-state index in [0.29, 0.717) is 5.56 Å². The number of hydrogen-bond donors (Lipinski definition) is 1. The van der Waals surface area contributed by atoms with Crippen LogP contribution in [0.15, 0.2) is 18.2 Å². The van der Waals surface area contributed by atoms with E-state index in [4.69, 9.17) is 11.6 Å². The summed E-state index contributed by atoms with van der Waals surface area (Å²) in [5.41, 5.74) is 0.673. The smallest absolute Gasteiger partial charge is 0.317 e. The third kappa shape index (κ3) is 3.40. The van der Waals surface area contributed by atoms with Gasteiger partial charge in [-0.1, -0.05) is 17.7 Å².